The number of halogens is 1. The van der Waals surface area contributed by atoms with Crippen LogP contribution in [0.1, 0.15) is 77.0 Å². The molecule has 0 aliphatic heterocycles. The molecule has 1 aromatic heterocycles. The van der Waals surface area contributed by atoms with Gasteiger partial charge in [0.2, 0.25) is 0 Å². The second-order valence-electron chi connectivity index (χ2n) is 4.91. The highest BCUT2D eigenvalue weighted by molar-refractivity contribution is 9.08. The first kappa shape index (κ1) is 14.7. The van der Waals surface area contributed by atoms with Gasteiger partial charge in [0.05, 0.1) is 16.1 Å². The van der Waals surface area contributed by atoms with Crippen LogP contribution < -0.4 is 0 Å². The topological polar surface area (TPSA) is 17.8 Å². The predicted molar refractivity (Wildman–Crippen MR) is 77.6 cm³/mol. The molecular weight excluding hydrogens is 276 g/mol. The first-order valence-electron chi connectivity index (χ1n) is 6.95. The molecule has 0 saturated carbocycles. The van der Waals surface area contributed by atoms with Crippen LogP contribution in [0, 0.1) is 0 Å². The van der Waals surface area contributed by atoms with E-state index in [1.807, 2.05) is 16.0 Å². The normalized spacial score (nSPS) is 12.9. The largest absolute Gasteiger partial charge is 0.270 e. The summed E-state index contributed by atoms with van der Waals surface area (Å²) in [5.74, 6) is 1.70. The number of aromatic nitrogens is 2. The van der Waals surface area contributed by atoms with Crippen LogP contribution in [0.5, 0.6) is 0 Å². The number of hydrogen-bond donors (Lipinski definition) is 0. The Morgan fingerprint density at radius 1 is 1.18 bits per heavy atom. The fourth-order valence-electron chi connectivity index (χ4n) is 2.17. The summed E-state index contributed by atoms with van der Waals surface area (Å²) in [6.07, 6.45) is 14.7. The zero-order valence-corrected chi connectivity index (χ0v) is 12.7. The van der Waals surface area contributed by atoms with Crippen LogP contribution in [0.4, 0.5) is 0 Å². The van der Waals surface area contributed by atoms with Crippen molar-refractivity contribution in [1.82, 2.24) is 8.58 Å². The van der Waals surface area contributed by atoms with E-state index in [1.54, 1.807) is 0 Å². The Hall–Kier alpha value is -0.310. The third kappa shape index (κ3) is 5.71. The SMILES string of the molecule is CCCCCCCCCC(C)c1nccn1Br. The van der Waals surface area contributed by atoms with E-state index < -0.39 is 0 Å². The van der Waals surface area contributed by atoms with Gasteiger partial charge in [-0.15, -0.1) is 0 Å². The van der Waals surface area contributed by atoms with Crippen LogP contribution in [-0.2, 0) is 0 Å². The highest BCUT2D eigenvalue weighted by atomic mass is 79.9. The van der Waals surface area contributed by atoms with E-state index in [2.05, 4.69) is 35.0 Å². The molecule has 0 spiro atoms. The molecular formula is C14H25BrN2. The molecule has 0 fully saturated rings. The Labute approximate surface area is 114 Å². The quantitative estimate of drug-likeness (QED) is 0.567. The lowest BCUT2D eigenvalue weighted by molar-refractivity contribution is 0.539. The van der Waals surface area contributed by atoms with Gasteiger partial charge in [0.1, 0.15) is 5.82 Å². The minimum atomic E-state index is 0.556. The number of hydrogen-bond acceptors (Lipinski definition) is 1. The second kappa shape index (κ2) is 8.73. The van der Waals surface area contributed by atoms with Crippen molar-refractivity contribution in [1.29, 1.82) is 0 Å². The van der Waals surface area contributed by atoms with Gasteiger partial charge in [-0.25, -0.2) is 4.98 Å². The van der Waals surface area contributed by atoms with Crippen molar-refractivity contribution in [3.05, 3.63) is 18.2 Å². The summed E-state index contributed by atoms with van der Waals surface area (Å²) in [6.45, 7) is 4.53. The van der Waals surface area contributed by atoms with Gasteiger partial charge in [-0.05, 0) is 6.42 Å². The van der Waals surface area contributed by atoms with Gasteiger partial charge in [0.25, 0.3) is 0 Å². The van der Waals surface area contributed by atoms with E-state index in [1.165, 1.54) is 51.4 Å². The molecule has 0 aliphatic rings. The molecule has 1 rings (SSSR count). The molecule has 1 heterocycles. The Balaban J connectivity index is 2.05. The zero-order valence-electron chi connectivity index (χ0n) is 11.2. The van der Waals surface area contributed by atoms with E-state index in [9.17, 15) is 0 Å². The van der Waals surface area contributed by atoms with Crippen molar-refractivity contribution in [2.45, 2.75) is 71.1 Å². The minimum absolute atomic E-state index is 0.556. The summed E-state index contributed by atoms with van der Waals surface area (Å²) in [4.78, 5) is 4.37. The summed E-state index contributed by atoms with van der Waals surface area (Å²) in [5.41, 5.74) is 0. The molecule has 0 radical (unpaired) electrons. The van der Waals surface area contributed by atoms with Gasteiger partial charge in [0.15, 0.2) is 0 Å². The summed E-state index contributed by atoms with van der Waals surface area (Å²) < 4.78 is 1.96. The average molecular weight is 301 g/mol. The highest BCUT2D eigenvalue weighted by Crippen LogP contribution is 2.22. The number of rotatable bonds is 9. The first-order chi connectivity index (χ1) is 8.25. The van der Waals surface area contributed by atoms with Gasteiger partial charge < -0.3 is 0 Å². The van der Waals surface area contributed by atoms with Crippen LogP contribution >= 0.6 is 16.1 Å². The van der Waals surface area contributed by atoms with Crippen LogP contribution in [0.3, 0.4) is 0 Å². The lowest BCUT2D eigenvalue weighted by Gasteiger charge is -2.10. The second-order valence-corrected chi connectivity index (χ2v) is 5.67. The molecule has 1 aromatic rings. The fourth-order valence-corrected chi connectivity index (χ4v) is 2.72. The van der Waals surface area contributed by atoms with E-state index in [0.29, 0.717) is 5.92 Å². The molecule has 1 atom stereocenters. The Bertz CT molecular complexity index is 296. The zero-order chi connectivity index (χ0) is 12.5. The first-order valence-corrected chi connectivity index (χ1v) is 7.66. The molecule has 2 nitrogen and oxygen atoms in total. The maximum absolute atomic E-state index is 4.37. The van der Waals surface area contributed by atoms with E-state index in [4.69, 9.17) is 0 Å². The fraction of sp³-hybridized carbons (Fsp3) is 0.786. The molecule has 98 valence electrons. The maximum atomic E-state index is 4.37. The van der Waals surface area contributed by atoms with Crippen LogP contribution in [0.25, 0.3) is 0 Å². The standard InChI is InChI=1S/C14H25BrN2/c1-3-4-5-6-7-8-9-10-13(2)14-16-11-12-17(14)15/h11-13H,3-10H2,1-2H3. The van der Waals surface area contributed by atoms with Crippen molar-refractivity contribution in [3.63, 3.8) is 0 Å². The lowest BCUT2D eigenvalue weighted by Crippen LogP contribution is -1.99. The van der Waals surface area contributed by atoms with Crippen LogP contribution in [0.15, 0.2) is 12.4 Å². The monoisotopic (exact) mass is 300 g/mol. The predicted octanol–water partition coefficient (Wildman–Crippen LogP) is 5.29. The van der Waals surface area contributed by atoms with E-state index in [0.717, 1.165) is 5.82 Å². The van der Waals surface area contributed by atoms with Crippen molar-refractivity contribution in [3.8, 4) is 0 Å². The van der Waals surface area contributed by atoms with Crippen LogP contribution in [-0.4, -0.2) is 8.58 Å². The Kier molecular flexibility index (Phi) is 7.58. The third-order valence-electron chi connectivity index (χ3n) is 3.30. The molecule has 0 bridgehead atoms. The van der Waals surface area contributed by atoms with Crippen molar-refractivity contribution in [2.24, 2.45) is 0 Å². The average Bonchev–Trinajstić information content (AvgIpc) is 2.74. The number of nitrogens with zero attached hydrogens (tertiary/aromatic N) is 2. The number of imidazole rings is 1. The summed E-state index contributed by atoms with van der Waals surface area (Å²) in [7, 11) is 0. The van der Waals surface area contributed by atoms with Gasteiger partial charge in [0, 0.05) is 18.3 Å². The van der Waals surface area contributed by atoms with E-state index in [-0.39, 0.29) is 0 Å². The van der Waals surface area contributed by atoms with Crippen LogP contribution in [0.2, 0.25) is 0 Å². The molecule has 0 N–H and O–H groups in total. The molecule has 1 unspecified atom stereocenters. The van der Waals surface area contributed by atoms with Crippen molar-refractivity contribution < 1.29 is 0 Å². The Morgan fingerprint density at radius 2 is 1.82 bits per heavy atom. The highest BCUT2D eigenvalue weighted by Gasteiger charge is 2.10. The molecule has 0 saturated heterocycles. The maximum Gasteiger partial charge on any atom is 0.121 e. The summed E-state index contributed by atoms with van der Waals surface area (Å²) in [6, 6.07) is 0. The van der Waals surface area contributed by atoms with Gasteiger partial charge in [-0.2, -0.15) is 0 Å². The molecule has 0 aromatic carbocycles. The van der Waals surface area contributed by atoms with Gasteiger partial charge in [-0.1, -0.05) is 58.8 Å². The minimum Gasteiger partial charge on any atom is -0.270 e. The third-order valence-corrected chi connectivity index (χ3v) is 3.90. The smallest absolute Gasteiger partial charge is 0.121 e. The van der Waals surface area contributed by atoms with Gasteiger partial charge in [-0.3, -0.25) is 3.59 Å². The molecule has 3 heteroatoms. The van der Waals surface area contributed by atoms with Gasteiger partial charge >= 0.3 is 0 Å². The van der Waals surface area contributed by atoms with Crippen molar-refractivity contribution >= 4 is 16.1 Å². The molecule has 17 heavy (non-hydrogen) atoms. The summed E-state index contributed by atoms with van der Waals surface area (Å²) in [5, 5.41) is 0. The molecule has 0 aliphatic carbocycles. The lowest BCUT2D eigenvalue weighted by atomic mass is 10.0. The van der Waals surface area contributed by atoms with E-state index >= 15 is 0 Å². The Morgan fingerprint density at radius 3 is 2.41 bits per heavy atom. The number of unbranched alkanes of at least 4 members (excludes halogenated alkanes) is 6. The van der Waals surface area contributed by atoms with Crippen molar-refractivity contribution in [2.75, 3.05) is 0 Å². The molecule has 0 amide bonds. The summed E-state index contributed by atoms with van der Waals surface area (Å²) >= 11 is 3.47.